The Morgan fingerprint density at radius 1 is 1.44 bits per heavy atom. The number of ether oxygens (including phenoxy) is 1. The molecule has 0 aliphatic rings. The van der Waals surface area contributed by atoms with Crippen molar-refractivity contribution in [3.8, 4) is 5.75 Å². The SMILES string of the molecule is CCCNCc1nc(C(C)C)ncc1OC. The van der Waals surface area contributed by atoms with Crippen LogP contribution in [0.5, 0.6) is 5.75 Å². The molecule has 0 atom stereocenters. The van der Waals surface area contributed by atoms with E-state index < -0.39 is 0 Å². The van der Waals surface area contributed by atoms with Gasteiger partial charge in [0.05, 0.1) is 19.0 Å². The Bertz CT molecular complexity index is 326. The molecule has 90 valence electrons. The molecule has 1 N–H and O–H groups in total. The highest BCUT2D eigenvalue weighted by molar-refractivity contribution is 5.25. The summed E-state index contributed by atoms with van der Waals surface area (Å²) in [6.07, 6.45) is 2.87. The van der Waals surface area contributed by atoms with Gasteiger partial charge in [0, 0.05) is 12.5 Å². The number of aromatic nitrogens is 2. The van der Waals surface area contributed by atoms with E-state index in [9.17, 15) is 0 Å². The van der Waals surface area contributed by atoms with E-state index in [-0.39, 0.29) is 0 Å². The zero-order valence-electron chi connectivity index (χ0n) is 10.6. The van der Waals surface area contributed by atoms with Gasteiger partial charge >= 0.3 is 0 Å². The van der Waals surface area contributed by atoms with E-state index in [2.05, 4.69) is 36.1 Å². The molecule has 0 aliphatic heterocycles. The van der Waals surface area contributed by atoms with E-state index >= 15 is 0 Å². The van der Waals surface area contributed by atoms with Crippen molar-refractivity contribution in [3.63, 3.8) is 0 Å². The predicted octanol–water partition coefficient (Wildman–Crippen LogP) is 2.11. The van der Waals surface area contributed by atoms with Crippen molar-refractivity contribution >= 4 is 0 Å². The molecule has 0 bridgehead atoms. The second-order valence-electron chi connectivity index (χ2n) is 4.07. The van der Waals surface area contributed by atoms with Crippen molar-refractivity contribution in [2.24, 2.45) is 0 Å². The van der Waals surface area contributed by atoms with Gasteiger partial charge in [-0.15, -0.1) is 0 Å². The summed E-state index contributed by atoms with van der Waals surface area (Å²) in [5, 5.41) is 3.32. The number of rotatable bonds is 6. The fourth-order valence-corrected chi connectivity index (χ4v) is 1.38. The topological polar surface area (TPSA) is 47.0 Å². The lowest BCUT2D eigenvalue weighted by molar-refractivity contribution is 0.400. The van der Waals surface area contributed by atoms with Gasteiger partial charge in [-0.3, -0.25) is 0 Å². The Kier molecular flexibility index (Phi) is 5.19. The first-order valence-electron chi connectivity index (χ1n) is 5.79. The Morgan fingerprint density at radius 2 is 2.19 bits per heavy atom. The molecule has 1 aromatic rings. The molecule has 0 spiro atoms. The summed E-state index contributed by atoms with van der Waals surface area (Å²) in [6, 6.07) is 0. The number of hydrogen-bond acceptors (Lipinski definition) is 4. The van der Waals surface area contributed by atoms with Crippen LogP contribution in [0, 0.1) is 0 Å². The summed E-state index contributed by atoms with van der Waals surface area (Å²) < 4.78 is 5.25. The molecular formula is C12H21N3O. The lowest BCUT2D eigenvalue weighted by atomic mass is 10.2. The average Bonchev–Trinajstić information content (AvgIpc) is 2.29. The molecule has 16 heavy (non-hydrogen) atoms. The van der Waals surface area contributed by atoms with Gasteiger partial charge in [-0.2, -0.15) is 0 Å². The number of hydrogen-bond donors (Lipinski definition) is 1. The first-order chi connectivity index (χ1) is 7.69. The monoisotopic (exact) mass is 223 g/mol. The summed E-state index contributed by atoms with van der Waals surface area (Å²) in [5.41, 5.74) is 0.939. The lowest BCUT2D eigenvalue weighted by Gasteiger charge is -2.11. The molecule has 1 rings (SSSR count). The van der Waals surface area contributed by atoms with E-state index in [1.807, 2.05) is 0 Å². The third-order valence-electron chi connectivity index (χ3n) is 2.30. The highest BCUT2D eigenvalue weighted by Crippen LogP contribution is 2.17. The van der Waals surface area contributed by atoms with E-state index in [4.69, 9.17) is 4.74 Å². The molecule has 0 saturated carbocycles. The standard InChI is InChI=1S/C12H21N3O/c1-5-6-13-7-10-11(16-4)8-14-12(15-10)9(2)3/h8-9,13H,5-7H2,1-4H3. The van der Waals surface area contributed by atoms with Crippen molar-refractivity contribution in [2.45, 2.75) is 39.7 Å². The summed E-state index contributed by atoms with van der Waals surface area (Å²) >= 11 is 0. The van der Waals surface area contributed by atoms with Gasteiger partial charge in [0.25, 0.3) is 0 Å². The van der Waals surface area contributed by atoms with Gasteiger partial charge in [-0.1, -0.05) is 20.8 Å². The van der Waals surface area contributed by atoms with Gasteiger partial charge in [-0.25, -0.2) is 9.97 Å². The molecule has 0 saturated heterocycles. The van der Waals surface area contributed by atoms with Crippen LogP contribution in [0.3, 0.4) is 0 Å². The minimum atomic E-state index is 0.343. The maximum absolute atomic E-state index is 5.25. The maximum Gasteiger partial charge on any atom is 0.159 e. The fourth-order valence-electron chi connectivity index (χ4n) is 1.38. The smallest absolute Gasteiger partial charge is 0.159 e. The van der Waals surface area contributed by atoms with E-state index in [0.29, 0.717) is 5.92 Å². The molecule has 4 heteroatoms. The van der Waals surface area contributed by atoms with Crippen molar-refractivity contribution in [1.29, 1.82) is 0 Å². The van der Waals surface area contributed by atoms with Crippen molar-refractivity contribution in [2.75, 3.05) is 13.7 Å². The van der Waals surface area contributed by atoms with E-state index in [1.54, 1.807) is 13.3 Å². The molecular weight excluding hydrogens is 202 g/mol. The molecule has 0 aromatic carbocycles. The highest BCUT2D eigenvalue weighted by Gasteiger charge is 2.09. The van der Waals surface area contributed by atoms with Crippen molar-refractivity contribution < 1.29 is 4.74 Å². The molecule has 0 unspecified atom stereocenters. The Hall–Kier alpha value is -1.16. The first-order valence-corrected chi connectivity index (χ1v) is 5.79. The van der Waals surface area contributed by atoms with Crippen LogP contribution in [0.1, 0.15) is 44.6 Å². The highest BCUT2D eigenvalue weighted by atomic mass is 16.5. The number of nitrogens with one attached hydrogen (secondary N) is 1. The minimum Gasteiger partial charge on any atom is -0.493 e. The fraction of sp³-hybridized carbons (Fsp3) is 0.667. The van der Waals surface area contributed by atoms with Crippen LogP contribution in [0.15, 0.2) is 6.20 Å². The summed E-state index contributed by atoms with van der Waals surface area (Å²) in [6.45, 7) is 8.04. The second-order valence-corrected chi connectivity index (χ2v) is 4.07. The van der Waals surface area contributed by atoms with Crippen LogP contribution in [-0.2, 0) is 6.54 Å². The van der Waals surface area contributed by atoms with Crippen LogP contribution in [0.4, 0.5) is 0 Å². The Labute approximate surface area is 97.5 Å². The van der Waals surface area contributed by atoms with Gasteiger partial charge < -0.3 is 10.1 Å². The second kappa shape index (κ2) is 6.43. The van der Waals surface area contributed by atoms with Crippen LogP contribution in [-0.4, -0.2) is 23.6 Å². The molecule has 0 amide bonds. The quantitative estimate of drug-likeness (QED) is 0.750. The molecule has 1 aromatic heterocycles. The summed E-state index contributed by atoms with van der Waals surface area (Å²) in [4.78, 5) is 8.79. The molecule has 0 fully saturated rings. The van der Waals surface area contributed by atoms with Gasteiger partial charge in [0.2, 0.25) is 0 Å². The molecule has 1 heterocycles. The summed E-state index contributed by atoms with van der Waals surface area (Å²) in [5.74, 6) is 1.97. The Morgan fingerprint density at radius 3 is 2.75 bits per heavy atom. The van der Waals surface area contributed by atoms with E-state index in [0.717, 1.165) is 36.8 Å². The van der Waals surface area contributed by atoms with Gasteiger partial charge in [-0.05, 0) is 13.0 Å². The summed E-state index contributed by atoms with van der Waals surface area (Å²) in [7, 11) is 1.65. The normalized spacial score (nSPS) is 10.8. The molecule has 4 nitrogen and oxygen atoms in total. The minimum absolute atomic E-state index is 0.343. The molecule has 0 radical (unpaired) electrons. The van der Waals surface area contributed by atoms with Crippen LogP contribution in [0.25, 0.3) is 0 Å². The lowest BCUT2D eigenvalue weighted by Crippen LogP contribution is -2.16. The average molecular weight is 223 g/mol. The first kappa shape index (κ1) is 12.9. The zero-order chi connectivity index (χ0) is 12.0. The van der Waals surface area contributed by atoms with E-state index in [1.165, 1.54) is 0 Å². The number of nitrogens with zero attached hydrogens (tertiary/aromatic N) is 2. The number of methoxy groups -OCH3 is 1. The Balaban J connectivity index is 2.80. The van der Waals surface area contributed by atoms with Crippen molar-refractivity contribution in [1.82, 2.24) is 15.3 Å². The van der Waals surface area contributed by atoms with Crippen LogP contribution in [0.2, 0.25) is 0 Å². The zero-order valence-corrected chi connectivity index (χ0v) is 10.6. The third kappa shape index (κ3) is 3.45. The maximum atomic E-state index is 5.25. The van der Waals surface area contributed by atoms with Crippen LogP contribution >= 0.6 is 0 Å². The largest absolute Gasteiger partial charge is 0.493 e. The third-order valence-corrected chi connectivity index (χ3v) is 2.30. The van der Waals surface area contributed by atoms with Crippen LogP contribution < -0.4 is 10.1 Å². The van der Waals surface area contributed by atoms with Crippen molar-refractivity contribution in [3.05, 3.63) is 17.7 Å². The van der Waals surface area contributed by atoms with Gasteiger partial charge in [0.1, 0.15) is 5.82 Å². The van der Waals surface area contributed by atoms with Gasteiger partial charge in [0.15, 0.2) is 5.75 Å². The predicted molar refractivity (Wildman–Crippen MR) is 64.7 cm³/mol. The molecule has 0 aliphatic carbocycles.